The van der Waals surface area contributed by atoms with Crippen LogP contribution in [0, 0.1) is 12.3 Å². The van der Waals surface area contributed by atoms with Crippen molar-refractivity contribution in [2.24, 2.45) is 5.41 Å². The molecule has 0 aliphatic carbocycles. The molecule has 1 aromatic carbocycles. The molecular formula is C12H15O3. The van der Waals surface area contributed by atoms with Crippen molar-refractivity contribution in [3.05, 3.63) is 36.8 Å². The average Bonchev–Trinajstić information content (AvgIpc) is 2.14. The van der Waals surface area contributed by atoms with Crippen molar-refractivity contribution in [2.75, 3.05) is 0 Å². The van der Waals surface area contributed by atoms with E-state index in [9.17, 15) is 4.79 Å². The summed E-state index contributed by atoms with van der Waals surface area (Å²) in [4.78, 5) is 21.0. The average molecular weight is 207 g/mol. The van der Waals surface area contributed by atoms with Gasteiger partial charge in [-0.05, 0) is 39.3 Å². The number of carbonyl (C=O) groups excluding carboxylic acids is 1. The molecule has 3 heteroatoms. The van der Waals surface area contributed by atoms with Gasteiger partial charge in [-0.3, -0.25) is 4.89 Å². The zero-order valence-electron chi connectivity index (χ0n) is 9.24. The summed E-state index contributed by atoms with van der Waals surface area (Å²) in [6.45, 7) is 9.02. The summed E-state index contributed by atoms with van der Waals surface area (Å²) in [6, 6.07) is 7.09. The number of rotatable bonds is 2. The lowest BCUT2D eigenvalue weighted by Crippen LogP contribution is -2.24. The van der Waals surface area contributed by atoms with E-state index in [4.69, 9.17) is 9.78 Å². The lowest BCUT2D eigenvalue weighted by atomic mass is 9.98. The molecule has 0 spiro atoms. The molecule has 15 heavy (non-hydrogen) atoms. The molecule has 0 aliphatic heterocycles. The van der Waals surface area contributed by atoms with E-state index in [1.165, 1.54) is 0 Å². The van der Waals surface area contributed by atoms with Crippen molar-refractivity contribution in [1.29, 1.82) is 0 Å². The Kier molecular flexibility index (Phi) is 3.35. The Hall–Kier alpha value is -1.51. The highest BCUT2D eigenvalue weighted by molar-refractivity contribution is 5.74. The first kappa shape index (κ1) is 11.6. The summed E-state index contributed by atoms with van der Waals surface area (Å²) in [7, 11) is 0. The van der Waals surface area contributed by atoms with Gasteiger partial charge in [0.1, 0.15) is 0 Å². The Labute approximate surface area is 89.9 Å². The van der Waals surface area contributed by atoms with E-state index in [0.29, 0.717) is 11.3 Å². The lowest BCUT2D eigenvalue weighted by Gasteiger charge is -2.15. The molecule has 0 unspecified atom stereocenters. The highest BCUT2D eigenvalue weighted by Crippen LogP contribution is 2.19. The standard InChI is InChI=1S/C12H15O3/c1-9-7-5-6-8-10(9)14-15-11(13)12(2,3)4/h5-8H,1H2,2-4H3. The van der Waals surface area contributed by atoms with Gasteiger partial charge in [-0.25, -0.2) is 9.68 Å². The minimum atomic E-state index is -0.573. The zero-order chi connectivity index (χ0) is 11.5. The summed E-state index contributed by atoms with van der Waals surface area (Å²) < 4.78 is 0. The highest BCUT2D eigenvalue weighted by Gasteiger charge is 2.25. The van der Waals surface area contributed by atoms with E-state index in [2.05, 4.69) is 6.92 Å². The summed E-state index contributed by atoms with van der Waals surface area (Å²) >= 11 is 0. The summed E-state index contributed by atoms with van der Waals surface area (Å²) in [5.41, 5.74) is 0.107. The van der Waals surface area contributed by atoms with Gasteiger partial charge < -0.3 is 0 Å². The van der Waals surface area contributed by atoms with E-state index >= 15 is 0 Å². The van der Waals surface area contributed by atoms with Gasteiger partial charge in [0, 0.05) is 0 Å². The van der Waals surface area contributed by atoms with Crippen molar-refractivity contribution in [1.82, 2.24) is 0 Å². The normalized spacial score (nSPS) is 10.9. The quantitative estimate of drug-likeness (QED) is 0.552. The summed E-state index contributed by atoms with van der Waals surface area (Å²) in [6.07, 6.45) is 0. The maximum atomic E-state index is 11.4. The second-order valence-corrected chi connectivity index (χ2v) is 4.31. The van der Waals surface area contributed by atoms with Crippen LogP contribution >= 0.6 is 0 Å². The molecule has 0 amide bonds. The summed E-state index contributed by atoms with van der Waals surface area (Å²) in [5.74, 6) is 0.0425. The van der Waals surface area contributed by atoms with E-state index in [1.807, 2.05) is 6.07 Å². The fourth-order valence-electron chi connectivity index (χ4n) is 0.793. The van der Waals surface area contributed by atoms with Crippen LogP contribution < -0.4 is 4.89 Å². The van der Waals surface area contributed by atoms with Crippen molar-refractivity contribution in [3.63, 3.8) is 0 Å². The molecule has 0 N–H and O–H groups in total. The maximum absolute atomic E-state index is 11.4. The third-order valence-electron chi connectivity index (χ3n) is 1.79. The van der Waals surface area contributed by atoms with Crippen molar-refractivity contribution in [3.8, 4) is 5.75 Å². The van der Waals surface area contributed by atoms with Crippen molar-refractivity contribution >= 4 is 5.97 Å². The molecule has 0 heterocycles. The number of para-hydroxylation sites is 1. The first-order chi connectivity index (χ1) is 6.91. The van der Waals surface area contributed by atoms with Crippen LogP contribution in [-0.2, 0) is 9.68 Å². The molecule has 81 valence electrons. The molecule has 0 fully saturated rings. The van der Waals surface area contributed by atoms with Gasteiger partial charge >= 0.3 is 5.97 Å². The van der Waals surface area contributed by atoms with Crippen LogP contribution in [0.5, 0.6) is 5.75 Å². The smallest absolute Gasteiger partial charge is 0.287 e. The second-order valence-electron chi connectivity index (χ2n) is 4.31. The van der Waals surface area contributed by atoms with Gasteiger partial charge in [0.05, 0.1) is 5.41 Å². The molecule has 0 aromatic heterocycles. The molecular weight excluding hydrogens is 192 g/mol. The van der Waals surface area contributed by atoms with Gasteiger partial charge in [-0.1, -0.05) is 18.2 Å². The number of hydrogen-bond donors (Lipinski definition) is 0. The van der Waals surface area contributed by atoms with Crippen LogP contribution in [0.4, 0.5) is 0 Å². The molecule has 0 saturated carbocycles. The Morgan fingerprint density at radius 1 is 1.27 bits per heavy atom. The first-order valence-corrected chi connectivity index (χ1v) is 4.71. The van der Waals surface area contributed by atoms with Crippen LogP contribution in [0.25, 0.3) is 0 Å². The van der Waals surface area contributed by atoms with Crippen LogP contribution in [-0.4, -0.2) is 5.97 Å². The highest BCUT2D eigenvalue weighted by atomic mass is 17.2. The van der Waals surface area contributed by atoms with Crippen molar-refractivity contribution in [2.45, 2.75) is 20.8 Å². The number of carbonyl (C=O) groups is 1. The third-order valence-corrected chi connectivity index (χ3v) is 1.79. The minimum absolute atomic E-state index is 0.411. The third kappa shape index (κ3) is 3.27. The van der Waals surface area contributed by atoms with E-state index in [1.54, 1.807) is 39.0 Å². The van der Waals surface area contributed by atoms with E-state index in [0.717, 1.165) is 0 Å². The predicted octanol–water partition coefficient (Wildman–Crippen LogP) is 2.75. The molecule has 0 aliphatic rings. The Morgan fingerprint density at radius 2 is 1.87 bits per heavy atom. The molecule has 1 radical (unpaired) electrons. The molecule has 0 bridgehead atoms. The summed E-state index contributed by atoms with van der Waals surface area (Å²) in [5, 5.41) is 0. The van der Waals surface area contributed by atoms with Gasteiger partial charge in [-0.15, -0.1) is 0 Å². The SMILES string of the molecule is [CH2]c1ccccc1OOC(=O)C(C)(C)C. The van der Waals surface area contributed by atoms with Crippen LogP contribution in [0.2, 0.25) is 0 Å². The van der Waals surface area contributed by atoms with E-state index < -0.39 is 11.4 Å². The van der Waals surface area contributed by atoms with Crippen LogP contribution in [0.3, 0.4) is 0 Å². The van der Waals surface area contributed by atoms with Gasteiger partial charge in [-0.2, -0.15) is 0 Å². The van der Waals surface area contributed by atoms with Gasteiger partial charge in [0.25, 0.3) is 0 Å². The first-order valence-electron chi connectivity index (χ1n) is 4.71. The molecule has 0 atom stereocenters. The Bertz CT molecular complexity index is 350. The number of benzene rings is 1. The largest absolute Gasteiger partial charge is 0.360 e. The molecule has 3 nitrogen and oxygen atoms in total. The predicted molar refractivity (Wildman–Crippen MR) is 57.1 cm³/mol. The fourth-order valence-corrected chi connectivity index (χ4v) is 0.793. The fraction of sp³-hybridized carbons (Fsp3) is 0.333. The number of hydrogen-bond acceptors (Lipinski definition) is 3. The minimum Gasteiger partial charge on any atom is -0.287 e. The van der Waals surface area contributed by atoms with Crippen LogP contribution in [0.15, 0.2) is 24.3 Å². The van der Waals surface area contributed by atoms with Crippen molar-refractivity contribution < 1.29 is 14.6 Å². The molecule has 0 saturated heterocycles. The van der Waals surface area contributed by atoms with Gasteiger partial charge in [0.2, 0.25) is 0 Å². The molecule has 1 aromatic rings. The topological polar surface area (TPSA) is 35.5 Å². The maximum Gasteiger partial charge on any atom is 0.360 e. The zero-order valence-corrected chi connectivity index (χ0v) is 9.24. The van der Waals surface area contributed by atoms with Crippen LogP contribution in [0.1, 0.15) is 26.3 Å². The monoisotopic (exact) mass is 207 g/mol. The molecule has 1 rings (SSSR count). The van der Waals surface area contributed by atoms with E-state index in [-0.39, 0.29) is 0 Å². The van der Waals surface area contributed by atoms with Gasteiger partial charge in [0.15, 0.2) is 5.75 Å². The Balaban J connectivity index is 2.59. The Morgan fingerprint density at radius 3 is 2.40 bits per heavy atom. The lowest BCUT2D eigenvalue weighted by molar-refractivity contribution is -0.223. The second kappa shape index (κ2) is 4.34.